The number of nitrogens with one attached hydrogen (secondary N) is 1. The Morgan fingerprint density at radius 1 is 1.29 bits per heavy atom. The van der Waals surface area contributed by atoms with Crippen molar-refractivity contribution >= 4 is 5.91 Å². The summed E-state index contributed by atoms with van der Waals surface area (Å²) < 4.78 is 11.0. The predicted octanol–water partition coefficient (Wildman–Crippen LogP) is 2.78. The molecule has 1 heterocycles. The molecule has 1 aliphatic heterocycles. The lowest BCUT2D eigenvalue weighted by Crippen LogP contribution is -2.50. The van der Waals surface area contributed by atoms with Crippen molar-refractivity contribution in [2.45, 2.75) is 46.2 Å². The summed E-state index contributed by atoms with van der Waals surface area (Å²) in [5, 5.41) is 3.17. The van der Waals surface area contributed by atoms with Crippen molar-refractivity contribution in [2.75, 3.05) is 27.3 Å². The van der Waals surface area contributed by atoms with E-state index in [1.54, 1.807) is 21.1 Å². The third kappa shape index (κ3) is 3.66. The van der Waals surface area contributed by atoms with Crippen LogP contribution in [0.2, 0.25) is 0 Å². The number of nitrogens with zero attached hydrogens (tertiary/aromatic N) is 1. The molecule has 1 aliphatic rings. The van der Waals surface area contributed by atoms with Gasteiger partial charge in [0.25, 0.3) is 0 Å². The van der Waals surface area contributed by atoms with Crippen LogP contribution in [0.5, 0.6) is 11.5 Å². The maximum atomic E-state index is 11.8. The number of ether oxygens (including phenoxy) is 2. The second kappa shape index (κ2) is 7.88. The molecule has 5 nitrogen and oxygen atoms in total. The monoisotopic (exact) mass is 334 g/mol. The summed E-state index contributed by atoms with van der Waals surface area (Å²) >= 11 is 0. The van der Waals surface area contributed by atoms with Gasteiger partial charge in [-0.25, -0.2) is 0 Å². The van der Waals surface area contributed by atoms with Crippen molar-refractivity contribution in [2.24, 2.45) is 5.92 Å². The third-order valence-corrected chi connectivity index (χ3v) is 4.86. The molecule has 0 aliphatic carbocycles. The van der Waals surface area contributed by atoms with Gasteiger partial charge in [-0.15, -0.1) is 0 Å². The zero-order chi connectivity index (χ0) is 17.9. The lowest BCUT2D eigenvalue weighted by molar-refractivity contribution is -0.120. The summed E-state index contributed by atoms with van der Waals surface area (Å²) in [5.41, 5.74) is 2.51. The SMILES string of the molecule is CCN1CCc2cc(OC)c(OC)cc2C1C(NC(C)=O)C(C)C. The Bertz CT molecular complexity index is 586. The van der Waals surface area contributed by atoms with Crippen LogP contribution in [0.15, 0.2) is 12.1 Å². The summed E-state index contributed by atoms with van der Waals surface area (Å²) in [6.07, 6.45) is 0.977. The van der Waals surface area contributed by atoms with E-state index in [1.807, 2.05) is 0 Å². The number of fused-ring (bicyclic) bond motifs is 1. The second-order valence-electron chi connectivity index (χ2n) is 6.70. The summed E-state index contributed by atoms with van der Waals surface area (Å²) in [4.78, 5) is 14.2. The molecule has 1 N–H and O–H groups in total. The van der Waals surface area contributed by atoms with Crippen molar-refractivity contribution in [1.29, 1.82) is 0 Å². The van der Waals surface area contributed by atoms with E-state index >= 15 is 0 Å². The normalized spacial score (nSPS) is 18.9. The van der Waals surface area contributed by atoms with Crippen molar-refractivity contribution in [3.8, 4) is 11.5 Å². The molecule has 1 aromatic carbocycles. The highest BCUT2D eigenvalue weighted by Gasteiger charge is 2.36. The average molecular weight is 334 g/mol. The fourth-order valence-electron chi connectivity index (χ4n) is 3.65. The van der Waals surface area contributed by atoms with E-state index in [1.165, 1.54) is 11.1 Å². The van der Waals surface area contributed by atoms with Gasteiger partial charge in [-0.1, -0.05) is 20.8 Å². The zero-order valence-electron chi connectivity index (χ0n) is 15.7. The maximum absolute atomic E-state index is 11.8. The highest BCUT2D eigenvalue weighted by atomic mass is 16.5. The van der Waals surface area contributed by atoms with E-state index in [-0.39, 0.29) is 18.0 Å². The molecule has 2 unspecified atom stereocenters. The standard InChI is InChI=1S/C19H30N2O3/c1-7-21-9-8-14-10-16(23-5)17(24-6)11-15(14)19(21)18(12(2)3)20-13(4)22/h10-12,18-19H,7-9H2,1-6H3,(H,20,22). The van der Waals surface area contributed by atoms with Crippen molar-refractivity contribution < 1.29 is 14.3 Å². The van der Waals surface area contributed by atoms with Crippen molar-refractivity contribution in [1.82, 2.24) is 10.2 Å². The molecule has 5 heteroatoms. The molecule has 1 aromatic rings. The highest BCUT2D eigenvalue weighted by molar-refractivity contribution is 5.73. The van der Waals surface area contributed by atoms with Crippen LogP contribution in [0, 0.1) is 5.92 Å². The van der Waals surface area contributed by atoms with Crippen LogP contribution in [-0.2, 0) is 11.2 Å². The number of methoxy groups -OCH3 is 2. The number of benzene rings is 1. The van der Waals surface area contributed by atoms with Gasteiger partial charge in [0.15, 0.2) is 11.5 Å². The molecule has 2 rings (SSSR count). The number of carbonyl (C=O) groups excluding carboxylic acids is 1. The van der Waals surface area contributed by atoms with Crippen LogP contribution < -0.4 is 14.8 Å². The van der Waals surface area contributed by atoms with Crippen molar-refractivity contribution in [3.63, 3.8) is 0 Å². The second-order valence-corrected chi connectivity index (χ2v) is 6.70. The molecule has 2 atom stereocenters. The van der Waals surface area contributed by atoms with Gasteiger partial charge in [0.1, 0.15) is 0 Å². The van der Waals surface area contributed by atoms with Gasteiger partial charge >= 0.3 is 0 Å². The van der Waals surface area contributed by atoms with Gasteiger partial charge in [0.05, 0.1) is 26.3 Å². The first-order valence-corrected chi connectivity index (χ1v) is 8.68. The number of carbonyl (C=O) groups is 1. The Hall–Kier alpha value is -1.75. The molecule has 0 saturated carbocycles. The Morgan fingerprint density at radius 2 is 1.92 bits per heavy atom. The summed E-state index contributed by atoms with van der Waals surface area (Å²) in [6.45, 7) is 9.99. The largest absolute Gasteiger partial charge is 0.493 e. The molecular weight excluding hydrogens is 304 g/mol. The number of rotatable bonds is 6. The van der Waals surface area contributed by atoms with E-state index in [0.717, 1.165) is 31.0 Å². The van der Waals surface area contributed by atoms with Crippen LogP contribution in [0.1, 0.15) is 44.9 Å². The van der Waals surface area contributed by atoms with Gasteiger partial charge in [-0.3, -0.25) is 9.69 Å². The Labute approximate surface area is 145 Å². The van der Waals surface area contributed by atoms with E-state index in [0.29, 0.717) is 5.92 Å². The van der Waals surface area contributed by atoms with Crippen LogP contribution in [0.3, 0.4) is 0 Å². The quantitative estimate of drug-likeness (QED) is 0.869. The van der Waals surface area contributed by atoms with Gasteiger partial charge < -0.3 is 14.8 Å². The summed E-state index contributed by atoms with van der Waals surface area (Å²) in [5.74, 6) is 1.84. The average Bonchev–Trinajstić information content (AvgIpc) is 2.57. The number of amides is 1. The topological polar surface area (TPSA) is 50.8 Å². The minimum Gasteiger partial charge on any atom is -0.493 e. The molecule has 1 amide bonds. The fraction of sp³-hybridized carbons (Fsp3) is 0.632. The van der Waals surface area contributed by atoms with Crippen molar-refractivity contribution in [3.05, 3.63) is 23.3 Å². The molecule has 0 saturated heterocycles. The van der Waals surface area contributed by atoms with Crippen LogP contribution >= 0.6 is 0 Å². The van der Waals surface area contributed by atoms with Crippen LogP contribution in [0.25, 0.3) is 0 Å². The Kier molecular flexibility index (Phi) is 6.10. The molecule has 0 fully saturated rings. The van der Waals surface area contributed by atoms with E-state index < -0.39 is 0 Å². The molecule has 0 spiro atoms. The van der Waals surface area contributed by atoms with Gasteiger partial charge in [-0.2, -0.15) is 0 Å². The van der Waals surface area contributed by atoms with E-state index in [4.69, 9.17) is 9.47 Å². The lowest BCUT2D eigenvalue weighted by Gasteiger charge is -2.43. The number of hydrogen-bond acceptors (Lipinski definition) is 4. The first-order chi connectivity index (χ1) is 11.4. The van der Waals surface area contributed by atoms with Gasteiger partial charge in [0, 0.05) is 13.5 Å². The predicted molar refractivity (Wildman–Crippen MR) is 95.7 cm³/mol. The molecule has 0 bridgehead atoms. The van der Waals surface area contributed by atoms with E-state index in [2.05, 4.69) is 43.1 Å². The van der Waals surface area contributed by atoms with E-state index in [9.17, 15) is 4.79 Å². The molecular formula is C19H30N2O3. The molecule has 0 aromatic heterocycles. The Morgan fingerprint density at radius 3 is 2.42 bits per heavy atom. The van der Waals surface area contributed by atoms with Gasteiger partial charge in [-0.05, 0) is 42.1 Å². The first kappa shape index (κ1) is 18.6. The number of likely N-dealkylation sites (N-methyl/N-ethyl adjacent to an activating group) is 1. The third-order valence-electron chi connectivity index (χ3n) is 4.86. The lowest BCUT2D eigenvalue weighted by atomic mass is 9.83. The summed E-state index contributed by atoms with van der Waals surface area (Å²) in [6, 6.07) is 4.36. The van der Waals surface area contributed by atoms with Crippen LogP contribution in [-0.4, -0.2) is 44.2 Å². The van der Waals surface area contributed by atoms with Gasteiger partial charge in [0.2, 0.25) is 5.91 Å². The zero-order valence-corrected chi connectivity index (χ0v) is 15.7. The maximum Gasteiger partial charge on any atom is 0.217 e. The molecule has 24 heavy (non-hydrogen) atoms. The molecule has 134 valence electrons. The minimum atomic E-state index is 0.0114. The highest BCUT2D eigenvalue weighted by Crippen LogP contribution is 2.40. The first-order valence-electron chi connectivity index (χ1n) is 8.68. The Balaban J connectivity index is 2.54. The minimum absolute atomic E-state index is 0.0114. The van der Waals surface area contributed by atoms with Crippen LogP contribution in [0.4, 0.5) is 0 Å². The smallest absolute Gasteiger partial charge is 0.217 e. The molecule has 0 radical (unpaired) electrons. The fourth-order valence-corrected chi connectivity index (χ4v) is 3.65. The summed E-state index contributed by atoms with van der Waals surface area (Å²) in [7, 11) is 3.32. The number of hydrogen-bond donors (Lipinski definition) is 1.